The van der Waals surface area contributed by atoms with Gasteiger partial charge in [-0.3, -0.25) is 0 Å². The zero-order valence-corrected chi connectivity index (χ0v) is 12.7. The second-order valence-corrected chi connectivity index (χ2v) is 5.41. The van der Waals surface area contributed by atoms with E-state index in [-0.39, 0.29) is 0 Å². The van der Waals surface area contributed by atoms with Gasteiger partial charge in [0.15, 0.2) is 0 Å². The molecule has 3 aromatic rings. The smallest absolute Gasteiger partial charge is 0.0184 e. The van der Waals surface area contributed by atoms with Crippen LogP contribution >= 0.6 is 0 Å². The Bertz CT molecular complexity index is 707. The maximum absolute atomic E-state index is 2.25. The summed E-state index contributed by atoms with van der Waals surface area (Å²) in [6.45, 7) is 0. The summed E-state index contributed by atoms with van der Waals surface area (Å²) in [6, 6.07) is 29.9. The van der Waals surface area contributed by atoms with Crippen LogP contribution in [0.15, 0.2) is 91.0 Å². The van der Waals surface area contributed by atoms with Crippen LogP contribution in [0.25, 0.3) is 17.2 Å². The van der Waals surface area contributed by atoms with E-state index in [4.69, 9.17) is 0 Å². The van der Waals surface area contributed by atoms with Crippen molar-refractivity contribution in [3.05, 3.63) is 102 Å². The van der Waals surface area contributed by atoms with Gasteiger partial charge in [0.25, 0.3) is 0 Å². The standard InChI is InChI=1S/C22H20/c1-3-9-19(10-4-1)11-7-8-12-20-15-17-22(18-16-20)21-13-5-2-6-14-21/h1-7,9-11,13-18H,8,12H2/b11-7+. The van der Waals surface area contributed by atoms with Crippen molar-refractivity contribution in [3.8, 4) is 11.1 Å². The summed E-state index contributed by atoms with van der Waals surface area (Å²) in [5.41, 5.74) is 5.21. The van der Waals surface area contributed by atoms with Crippen LogP contribution < -0.4 is 0 Å². The summed E-state index contributed by atoms with van der Waals surface area (Å²) in [7, 11) is 0. The number of rotatable bonds is 5. The van der Waals surface area contributed by atoms with Crippen molar-refractivity contribution in [2.24, 2.45) is 0 Å². The lowest BCUT2D eigenvalue weighted by molar-refractivity contribution is 1.01. The first-order chi connectivity index (χ1) is 10.9. The van der Waals surface area contributed by atoms with Crippen molar-refractivity contribution in [2.45, 2.75) is 12.8 Å². The highest BCUT2D eigenvalue weighted by Gasteiger charge is 1.97. The maximum atomic E-state index is 2.25. The molecular formula is C22H20. The molecule has 0 nitrogen and oxygen atoms in total. The molecule has 0 saturated heterocycles. The van der Waals surface area contributed by atoms with Crippen LogP contribution in [0.1, 0.15) is 17.5 Å². The molecule has 0 atom stereocenters. The van der Waals surface area contributed by atoms with Gasteiger partial charge in [0.2, 0.25) is 0 Å². The van der Waals surface area contributed by atoms with Crippen molar-refractivity contribution in [1.82, 2.24) is 0 Å². The van der Waals surface area contributed by atoms with Gasteiger partial charge in [0, 0.05) is 0 Å². The molecule has 0 radical (unpaired) electrons. The van der Waals surface area contributed by atoms with Gasteiger partial charge < -0.3 is 0 Å². The van der Waals surface area contributed by atoms with Gasteiger partial charge in [-0.15, -0.1) is 0 Å². The SMILES string of the molecule is C(=C\c1ccccc1)/CCc1ccc(-c2ccccc2)cc1. The molecular weight excluding hydrogens is 264 g/mol. The van der Waals surface area contributed by atoms with Gasteiger partial charge in [-0.25, -0.2) is 0 Å². The molecule has 22 heavy (non-hydrogen) atoms. The Morgan fingerprint density at radius 2 is 1.18 bits per heavy atom. The molecule has 0 N–H and O–H groups in total. The molecule has 0 aliphatic rings. The lowest BCUT2D eigenvalue weighted by Gasteiger charge is -2.03. The molecule has 0 heterocycles. The summed E-state index contributed by atoms with van der Waals surface area (Å²) >= 11 is 0. The molecule has 0 aliphatic heterocycles. The Hall–Kier alpha value is -2.60. The van der Waals surface area contributed by atoms with Crippen LogP contribution in [0.3, 0.4) is 0 Å². The average Bonchev–Trinajstić information content (AvgIpc) is 2.61. The Morgan fingerprint density at radius 1 is 0.591 bits per heavy atom. The summed E-state index contributed by atoms with van der Waals surface area (Å²) in [5, 5.41) is 0. The number of hydrogen-bond acceptors (Lipinski definition) is 0. The lowest BCUT2D eigenvalue weighted by Crippen LogP contribution is -1.84. The normalized spacial score (nSPS) is 10.9. The number of allylic oxidation sites excluding steroid dienone is 1. The van der Waals surface area contributed by atoms with E-state index in [0.717, 1.165) is 12.8 Å². The van der Waals surface area contributed by atoms with E-state index in [1.54, 1.807) is 0 Å². The number of hydrogen-bond donors (Lipinski definition) is 0. The second kappa shape index (κ2) is 7.42. The second-order valence-electron chi connectivity index (χ2n) is 5.41. The minimum atomic E-state index is 1.07. The van der Waals surface area contributed by atoms with E-state index >= 15 is 0 Å². The molecule has 0 heteroatoms. The maximum Gasteiger partial charge on any atom is -0.0184 e. The van der Waals surface area contributed by atoms with Gasteiger partial charge >= 0.3 is 0 Å². The first kappa shape index (κ1) is 14.3. The zero-order valence-electron chi connectivity index (χ0n) is 12.7. The fourth-order valence-electron chi connectivity index (χ4n) is 2.53. The topological polar surface area (TPSA) is 0 Å². The van der Waals surface area contributed by atoms with E-state index in [1.165, 1.54) is 22.3 Å². The predicted octanol–water partition coefficient (Wildman–Crippen LogP) is 6.00. The molecule has 0 unspecified atom stereocenters. The Morgan fingerprint density at radius 3 is 1.86 bits per heavy atom. The Balaban J connectivity index is 1.57. The summed E-state index contributed by atoms with van der Waals surface area (Å²) in [5.74, 6) is 0. The van der Waals surface area contributed by atoms with Crippen LogP contribution in [0.2, 0.25) is 0 Å². The third-order valence-corrected chi connectivity index (χ3v) is 3.77. The Kier molecular flexibility index (Phi) is 4.84. The monoisotopic (exact) mass is 284 g/mol. The fourth-order valence-corrected chi connectivity index (χ4v) is 2.53. The summed E-state index contributed by atoms with van der Waals surface area (Å²) in [4.78, 5) is 0. The molecule has 0 saturated carbocycles. The molecule has 3 aromatic carbocycles. The third-order valence-electron chi connectivity index (χ3n) is 3.77. The quantitative estimate of drug-likeness (QED) is 0.539. The van der Waals surface area contributed by atoms with E-state index in [2.05, 4.69) is 91.0 Å². The minimum Gasteiger partial charge on any atom is -0.0836 e. The average molecular weight is 284 g/mol. The van der Waals surface area contributed by atoms with Gasteiger partial charge in [-0.2, -0.15) is 0 Å². The molecule has 0 aromatic heterocycles. The van der Waals surface area contributed by atoms with E-state index in [0.29, 0.717) is 0 Å². The van der Waals surface area contributed by atoms with E-state index < -0.39 is 0 Å². The number of aryl methyl sites for hydroxylation is 1. The first-order valence-electron chi connectivity index (χ1n) is 7.78. The van der Waals surface area contributed by atoms with Crippen LogP contribution in [-0.2, 0) is 6.42 Å². The minimum absolute atomic E-state index is 1.07. The van der Waals surface area contributed by atoms with Crippen LogP contribution in [0, 0.1) is 0 Å². The molecule has 0 aliphatic carbocycles. The summed E-state index contributed by atoms with van der Waals surface area (Å²) < 4.78 is 0. The molecule has 0 bridgehead atoms. The van der Waals surface area contributed by atoms with Crippen molar-refractivity contribution < 1.29 is 0 Å². The van der Waals surface area contributed by atoms with Crippen LogP contribution in [0.5, 0.6) is 0 Å². The molecule has 0 spiro atoms. The highest BCUT2D eigenvalue weighted by molar-refractivity contribution is 5.63. The molecule has 3 rings (SSSR count). The summed E-state index contributed by atoms with van der Waals surface area (Å²) in [6.07, 6.45) is 6.59. The van der Waals surface area contributed by atoms with E-state index in [1.807, 2.05) is 6.07 Å². The van der Waals surface area contributed by atoms with Crippen molar-refractivity contribution in [3.63, 3.8) is 0 Å². The third kappa shape index (κ3) is 3.95. The van der Waals surface area contributed by atoms with Crippen molar-refractivity contribution >= 4 is 6.08 Å². The van der Waals surface area contributed by atoms with Crippen molar-refractivity contribution in [2.75, 3.05) is 0 Å². The fraction of sp³-hybridized carbons (Fsp3) is 0.0909. The Labute approximate surface area is 132 Å². The van der Waals surface area contributed by atoms with E-state index in [9.17, 15) is 0 Å². The highest BCUT2D eigenvalue weighted by Crippen LogP contribution is 2.19. The first-order valence-corrected chi connectivity index (χ1v) is 7.78. The van der Waals surface area contributed by atoms with Gasteiger partial charge in [0.1, 0.15) is 0 Å². The van der Waals surface area contributed by atoms with Crippen LogP contribution in [0.4, 0.5) is 0 Å². The zero-order chi connectivity index (χ0) is 15.0. The van der Waals surface area contributed by atoms with Gasteiger partial charge in [-0.1, -0.05) is 97.1 Å². The molecule has 108 valence electrons. The largest absolute Gasteiger partial charge is 0.0836 e. The number of benzene rings is 3. The van der Waals surface area contributed by atoms with Gasteiger partial charge in [-0.05, 0) is 35.1 Å². The lowest BCUT2D eigenvalue weighted by atomic mass is 10.0. The van der Waals surface area contributed by atoms with Crippen LogP contribution in [-0.4, -0.2) is 0 Å². The molecule has 0 amide bonds. The highest BCUT2D eigenvalue weighted by atomic mass is 14.0. The van der Waals surface area contributed by atoms with Crippen molar-refractivity contribution in [1.29, 1.82) is 0 Å². The predicted molar refractivity (Wildman–Crippen MR) is 95.7 cm³/mol. The van der Waals surface area contributed by atoms with Gasteiger partial charge in [0.05, 0.1) is 0 Å². The molecule has 0 fully saturated rings.